The van der Waals surface area contributed by atoms with Crippen molar-refractivity contribution in [2.45, 2.75) is 11.6 Å². The molecule has 0 aromatic heterocycles. The summed E-state index contributed by atoms with van der Waals surface area (Å²) in [6, 6.07) is 0. The first-order valence-corrected chi connectivity index (χ1v) is 7.06. The van der Waals surface area contributed by atoms with Crippen molar-refractivity contribution in [3.8, 4) is 0 Å². The number of fused-ring (bicyclic) bond motifs is 1. The van der Waals surface area contributed by atoms with Crippen molar-refractivity contribution in [1.29, 1.82) is 0 Å². The van der Waals surface area contributed by atoms with Gasteiger partial charge < -0.3 is 0 Å². The minimum Gasteiger partial charge on any atom is -0.0820 e. The molecule has 0 N–H and O–H groups in total. The lowest BCUT2D eigenvalue weighted by atomic mass is 10.9. The van der Waals surface area contributed by atoms with Crippen molar-refractivity contribution in [3.63, 3.8) is 0 Å². The highest BCUT2D eigenvalue weighted by Gasteiger charge is 2.48. The van der Waals surface area contributed by atoms with E-state index in [1.807, 2.05) is 0 Å². The molecule has 32 valence electrons. The fraction of sp³-hybridized carbons (Fsp3) is 0.667. The molecule has 3 atom stereocenters. The van der Waals surface area contributed by atoms with Gasteiger partial charge in [0, 0.05) is 0 Å². The third kappa shape index (κ3) is 0.215. The molecule has 0 fully saturated rings. The lowest BCUT2D eigenvalue weighted by Crippen LogP contribution is -1.68. The first kappa shape index (κ1) is 3.73. The van der Waals surface area contributed by atoms with Gasteiger partial charge in [0.1, 0.15) is 0 Å². The van der Waals surface area contributed by atoms with Gasteiger partial charge in [-0.25, -0.2) is 0 Å². The minimum atomic E-state index is 0.386. The molecule has 2 aliphatic heterocycles. The van der Waals surface area contributed by atoms with Gasteiger partial charge >= 0.3 is 0 Å². The second-order valence-electron chi connectivity index (χ2n) is 1.76. The molecule has 3 unspecified atom stereocenters. The van der Waals surface area contributed by atoms with Crippen molar-refractivity contribution < 1.29 is 0 Å². The second-order valence-corrected chi connectivity index (χ2v) is 12.5. The molecule has 0 spiro atoms. The van der Waals surface area contributed by atoms with E-state index in [1.165, 1.54) is 0 Å². The van der Waals surface area contributed by atoms with Gasteiger partial charge in [0.05, 0.1) is 4.64 Å². The van der Waals surface area contributed by atoms with Crippen LogP contribution in [0.25, 0.3) is 0 Å². The van der Waals surface area contributed by atoms with E-state index in [4.69, 9.17) is 0 Å². The molecule has 0 nitrogen and oxygen atoms in total. The Morgan fingerprint density at radius 1 is 1.83 bits per heavy atom. The van der Waals surface area contributed by atoms with E-state index in [0.717, 1.165) is 4.64 Å². The number of rotatable bonds is 0. The van der Waals surface area contributed by atoms with Crippen LogP contribution in [0.2, 0.25) is 0 Å². The van der Waals surface area contributed by atoms with E-state index in [0.29, 0.717) is 13.3 Å². The maximum absolute atomic E-state index is 4.04. The van der Waals surface area contributed by atoms with Crippen molar-refractivity contribution >= 4 is 27.5 Å². The third-order valence-corrected chi connectivity index (χ3v) is 16.7. The Morgan fingerprint density at radius 2 is 2.17 bits per heavy atom. The number of hydrogen-bond donors (Lipinski definition) is 0. The molecule has 2 rings (SSSR count). The van der Waals surface area contributed by atoms with Crippen LogP contribution in [0.4, 0.5) is 0 Å². The Kier molecular flexibility index (Phi) is 0.431. The smallest absolute Gasteiger partial charge is 0.0820 e. The molecule has 0 saturated heterocycles. The van der Waals surface area contributed by atoms with Crippen LogP contribution < -0.4 is 0 Å². The summed E-state index contributed by atoms with van der Waals surface area (Å²) in [5, 5.41) is 0. The van der Waals surface area contributed by atoms with Crippen LogP contribution in [0.1, 0.15) is 6.92 Å². The molecule has 0 aromatic rings. The first-order chi connectivity index (χ1) is 2.75. The molecule has 0 radical (unpaired) electrons. The Labute approximate surface area is 39.8 Å². The zero-order valence-electron chi connectivity index (χ0n) is 3.55. The summed E-state index contributed by atoms with van der Waals surface area (Å²) in [5.41, 5.74) is 0. The van der Waals surface area contributed by atoms with Crippen LogP contribution in [-0.2, 0) is 0 Å². The van der Waals surface area contributed by atoms with Crippen molar-refractivity contribution in [2.24, 2.45) is 0 Å². The van der Waals surface area contributed by atoms with E-state index in [1.54, 1.807) is 7.87 Å². The summed E-state index contributed by atoms with van der Waals surface area (Å²) in [4.78, 5) is 0. The summed E-state index contributed by atoms with van der Waals surface area (Å²) in [6.07, 6.45) is 4.04. The highest BCUT2D eigenvalue weighted by Crippen LogP contribution is 2.96. The molecule has 0 aromatic carbocycles. The standard InChI is InChI=1S/C3H5P3/c1-3-4-6(3)5(3)2/h2H2,1H3. The normalized spacial score (nSPS) is 62.2. The second kappa shape index (κ2) is 0.692. The molecule has 2 heterocycles. The van der Waals surface area contributed by atoms with Gasteiger partial charge in [-0.15, -0.1) is 0 Å². The van der Waals surface area contributed by atoms with Crippen LogP contribution in [0.5, 0.6) is 0 Å². The summed E-state index contributed by atoms with van der Waals surface area (Å²) in [5.74, 6) is 0. The molecular formula is C3H5P3. The van der Waals surface area contributed by atoms with E-state index in [-0.39, 0.29) is 0 Å². The zero-order valence-corrected chi connectivity index (χ0v) is 6.23. The predicted octanol–water partition coefficient (Wildman–Crippen LogP) is 2.86. The van der Waals surface area contributed by atoms with Crippen LogP contribution in [0, 0.1) is 0 Å². The van der Waals surface area contributed by atoms with Crippen molar-refractivity contribution in [3.05, 3.63) is 0 Å². The first-order valence-electron chi connectivity index (χ1n) is 1.89. The van der Waals surface area contributed by atoms with Gasteiger partial charge in [-0.1, -0.05) is 19.6 Å². The van der Waals surface area contributed by atoms with Gasteiger partial charge in [-0.3, -0.25) is 0 Å². The zero-order chi connectivity index (χ0) is 4.36. The average molecular weight is 134 g/mol. The minimum absolute atomic E-state index is 0.386. The monoisotopic (exact) mass is 134 g/mol. The molecule has 0 amide bonds. The van der Waals surface area contributed by atoms with Crippen LogP contribution in [-0.4, -0.2) is 10.9 Å². The average Bonchev–Trinajstić information content (AvgIpc) is 2.24. The summed E-state index contributed by atoms with van der Waals surface area (Å²) in [6.45, 7) is 3.34. The SMILES string of the molecule is C=P1=P2=PC12C. The Bertz CT molecular complexity index is 229. The van der Waals surface area contributed by atoms with Gasteiger partial charge in [-0.2, -0.15) is 0 Å². The van der Waals surface area contributed by atoms with E-state index in [2.05, 4.69) is 13.2 Å². The Balaban J connectivity index is 2.91. The fourth-order valence-corrected chi connectivity index (χ4v) is 13.9. The highest BCUT2D eigenvalue weighted by atomic mass is 32.1. The predicted molar refractivity (Wildman–Crippen MR) is 36.3 cm³/mol. The van der Waals surface area contributed by atoms with Crippen LogP contribution in [0.3, 0.4) is 0 Å². The van der Waals surface area contributed by atoms with Gasteiger partial charge in [0.2, 0.25) is 0 Å². The van der Waals surface area contributed by atoms with Gasteiger partial charge in [0.15, 0.2) is 0 Å². The Morgan fingerprint density at radius 3 is 2.17 bits per heavy atom. The molecule has 6 heavy (non-hydrogen) atoms. The molecule has 2 aliphatic rings. The third-order valence-electron chi connectivity index (χ3n) is 1.30. The van der Waals surface area contributed by atoms with Crippen molar-refractivity contribution in [2.75, 3.05) is 0 Å². The lowest BCUT2D eigenvalue weighted by Gasteiger charge is -1.77. The molecule has 0 saturated carbocycles. The fourth-order valence-electron chi connectivity index (χ4n) is 0.548. The summed E-state index contributed by atoms with van der Waals surface area (Å²) < 4.78 is 0.866. The molecule has 0 aliphatic carbocycles. The largest absolute Gasteiger partial charge is 0.0994 e. The summed E-state index contributed by atoms with van der Waals surface area (Å²) >= 11 is 0. The maximum atomic E-state index is 4.04. The highest BCUT2D eigenvalue weighted by molar-refractivity contribution is 8.49. The van der Waals surface area contributed by atoms with E-state index >= 15 is 0 Å². The molecule has 0 bridgehead atoms. The van der Waals surface area contributed by atoms with Crippen molar-refractivity contribution in [1.82, 2.24) is 0 Å². The van der Waals surface area contributed by atoms with E-state index in [9.17, 15) is 0 Å². The van der Waals surface area contributed by atoms with Crippen LogP contribution >= 0.6 is 21.2 Å². The molecule has 3 heteroatoms. The maximum Gasteiger partial charge on any atom is 0.0994 e. The molecular weight excluding hydrogens is 129 g/mol. The quantitative estimate of drug-likeness (QED) is 0.447. The van der Waals surface area contributed by atoms with Gasteiger partial charge in [-0.05, 0) is 14.8 Å². The topological polar surface area (TPSA) is 0 Å². The van der Waals surface area contributed by atoms with Gasteiger partial charge in [0.25, 0.3) is 0 Å². The summed E-state index contributed by atoms with van der Waals surface area (Å²) in [7, 11) is 1.77. The Hall–Kier alpha value is 0.770. The lowest BCUT2D eigenvalue weighted by molar-refractivity contribution is 1.38. The number of hydrogen-bond acceptors (Lipinski definition) is 0. The van der Waals surface area contributed by atoms with Crippen LogP contribution in [0.15, 0.2) is 0 Å². The van der Waals surface area contributed by atoms with E-state index < -0.39 is 0 Å².